The summed E-state index contributed by atoms with van der Waals surface area (Å²) < 4.78 is 13.5. The minimum absolute atomic E-state index is 0.0883. The Morgan fingerprint density at radius 2 is 2.29 bits per heavy atom. The van der Waals surface area contributed by atoms with Crippen LogP contribution < -0.4 is 5.32 Å². The minimum atomic E-state index is -0.509. The van der Waals surface area contributed by atoms with E-state index in [-0.39, 0.29) is 18.1 Å². The van der Waals surface area contributed by atoms with Crippen LogP contribution in [0.4, 0.5) is 10.1 Å². The summed E-state index contributed by atoms with van der Waals surface area (Å²) in [5.41, 5.74) is 1.01. The van der Waals surface area contributed by atoms with Gasteiger partial charge in [0.05, 0.1) is 22.9 Å². The summed E-state index contributed by atoms with van der Waals surface area (Å²) in [5.74, 6) is -0.809. The molecule has 0 fully saturated rings. The van der Waals surface area contributed by atoms with Crippen LogP contribution in [0.15, 0.2) is 23.6 Å². The Kier molecular flexibility index (Phi) is 5.27. The van der Waals surface area contributed by atoms with E-state index in [1.807, 2.05) is 24.3 Å². The second-order valence-electron chi connectivity index (χ2n) is 4.70. The molecule has 1 aromatic heterocycles. The number of nitrogens with zero attached hydrogens (tertiary/aromatic N) is 2. The summed E-state index contributed by atoms with van der Waals surface area (Å²) in [7, 11) is 1.81. The highest BCUT2D eigenvalue weighted by Crippen LogP contribution is 2.19. The molecule has 0 bridgehead atoms. The van der Waals surface area contributed by atoms with Gasteiger partial charge >= 0.3 is 0 Å². The van der Waals surface area contributed by atoms with E-state index in [4.69, 9.17) is 11.6 Å². The first kappa shape index (κ1) is 15.9. The predicted molar refractivity (Wildman–Crippen MR) is 83.2 cm³/mol. The maximum Gasteiger partial charge on any atom is 0.238 e. The maximum absolute atomic E-state index is 13.5. The molecule has 21 heavy (non-hydrogen) atoms. The van der Waals surface area contributed by atoms with Gasteiger partial charge in [-0.2, -0.15) is 0 Å². The fourth-order valence-corrected chi connectivity index (χ4v) is 2.62. The van der Waals surface area contributed by atoms with Gasteiger partial charge in [0.15, 0.2) is 0 Å². The number of amides is 1. The molecule has 1 aromatic carbocycles. The fourth-order valence-electron chi connectivity index (χ4n) is 1.84. The molecule has 0 aliphatic carbocycles. The largest absolute Gasteiger partial charge is 0.322 e. The molecule has 0 radical (unpaired) electrons. The van der Waals surface area contributed by atoms with E-state index in [1.54, 1.807) is 11.3 Å². The molecule has 2 aromatic rings. The van der Waals surface area contributed by atoms with Gasteiger partial charge in [-0.05, 0) is 32.2 Å². The molecule has 7 heteroatoms. The van der Waals surface area contributed by atoms with E-state index in [0.717, 1.165) is 10.7 Å². The number of thiazole rings is 1. The fraction of sp³-hybridized carbons (Fsp3) is 0.286. The molecule has 1 N–H and O–H groups in total. The number of halogens is 2. The van der Waals surface area contributed by atoms with Crippen molar-refractivity contribution < 1.29 is 9.18 Å². The van der Waals surface area contributed by atoms with Crippen molar-refractivity contribution >= 4 is 34.5 Å². The number of carbonyl (C=O) groups excluding carboxylic acids is 1. The zero-order valence-corrected chi connectivity index (χ0v) is 13.3. The van der Waals surface area contributed by atoms with Crippen LogP contribution in [-0.2, 0) is 11.3 Å². The third-order valence-electron chi connectivity index (χ3n) is 2.71. The Morgan fingerprint density at radius 1 is 1.52 bits per heavy atom. The summed E-state index contributed by atoms with van der Waals surface area (Å²) in [4.78, 5) is 18.0. The maximum atomic E-state index is 13.5. The van der Waals surface area contributed by atoms with Gasteiger partial charge in [0, 0.05) is 16.9 Å². The van der Waals surface area contributed by atoms with E-state index in [0.29, 0.717) is 11.6 Å². The van der Waals surface area contributed by atoms with Crippen LogP contribution in [0.25, 0.3) is 0 Å². The SMILES string of the molecule is Cc1nc(CN(C)CC(=O)Nc2cc(Cl)ccc2F)cs1. The Bertz CT molecular complexity index is 647. The van der Waals surface area contributed by atoms with E-state index < -0.39 is 5.82 Å². The lowest BCUT2D eigenvalue weighted by atomic mass is 10.3. The summed E-state index contributed by atoms with van der Waals surface area (Å²) >= 11 is 7.35. The molecule has 0 saturated heterocycles. The highest BCUT2D eigenvalue weighted by Gasteiger charge is 2.11. The number of aryl methyl sites for hydroxylation is 1. The highest BCUT2D eigenvalue weighted by molar-refractivity contribution is 7.09. The molecule has 0 unspecified atom stereocenters. The van der Waals surface area contributed by atoms with Gasteiger partial charge in [-0.15, -0.1) is 11.3 Å². The standard InChI is InChI=1S/C14H15ClFN3OS/c1-9-17-11(8-21-9)6-19(2)7-14(20)18-13-5-10(15)3-4-12(13)16/h3-5,8H,6-7H2,1-2H3,(H,18,20). The third kappa shape index (κ3) is 4.77. The smallest absolute Gasteiger partial charge is 0.238 e. The van der Waals surface area contributed by atoms with E-state index in [9.17, 15) is 9.18 Å². The molecule has 0 aliphatic rings. The van der Waals surface area contributed by atoms with Crippen molar-refractivity contribution in [2.75, 3.05) is 18.9 Å². The first-order valence-corrected chi connectivity index (χ1v) is 7.54. The van der Waals surface area contributed by atoms with Crippen molar-refractivity contribution in [2.45, 2.75) is 13.5 Å². The van der Waals surface area contributed by atoms with Crippen LogP contribution in [0.5, 0.6) is 0 Å². The molecule has 0 atom stereocenters. The Hall–Kier alpha value is -1.50. The number of nitrogens with one attached hydrogen (secondary N) is 1. The van der Waals surface area contributed by atoms with Gasteiger partial charge in [-0.25, -0.2) is 9.37 Å². The molecule has 0 saturated carbocycles. The van der Waals surface area contributed by atoms with Crippen molar-refractivity contribution in [2.24, 2.45) is 0 Å². The molecule has 1 amide bonds. The molecule has 0 spiro atoms. The van der Waals surface area contributed by atoms with E-state index in [2.05, 4.69) is 10.3 Å². The Morgan fingerprint density at radius 3 is 2.95 bits per heavy atom. The summed E-state index contributed by atoms with van der Waals surface area (Å²) in [5, 5.41) is 5.84. The zero-order chi connectivity index (χ0) is 15.4. The molecular weight excluding hydrogens is 313 g/mol. The number of aromatic nitrogens is 1. The quantitative estimate of drug-likeness (QED) is 0.916. The van der Waals surface area contributed by atoms with Crippen LogP contribution >= 0.6 is 22.9 Å². The number of benzene rings is 1. The van der Waals surface area contributed by atoms with Gasteiger partial charge in [0.2, 0.25) is 5.91 Å². The van der Waals surface area contributed by atoms with Crippen LogP contribution in [0, 0.1) is 12.7 Å². The molecule has 4 nitrogen and oxygen atoms in total. The van der Waals surface area contributed by atoms with Gasteiger partial charge in [0.25, 0.3) is 0 Å². The number of likely N-dealkylation sites (N-methyl/N-ethyl adjacent to an activating group) is 1. The van der Waals surface area contributed by atoms with Crippen LogP contribution in [-0.4, -0.2) is 29.4 Å². The average molecular weight is 328 g/mol. The lowest BCUT2D eigenvalue weighted by Crippen LogP contribution is -2.30. The van der Waals surface area contributed by atoms with Crippen LogP contribution in [0.1, 0.15) is 10.7 Å². The van der Waals surface area contributed by atoms with Gasteiger partial charge in [-0.1, -0.05) is 11.6 Å². The second kappa shape index (κ2) is 6.98. The number of carbonyl (C=O) groups is 1. The number of rotatable bonds is 5. The molecule has 1 heterocycles. The highest BCUT2D eigenvalue weighted by atomic mass is 35.5. The first-order valence-electron chi connectivity index (χ1n) is 6.28. The van der Waals surface area contributed by atoms with Crippen molar-refractivity contribution in [1.29, 1.82) is 0 Å². The minimum Gasteiger partial charge on any atom is -0.322 e. The van der Waals surface area contributed by atoms with E-state index in [1.165, 1.54) is 18.2 Å². The molecule has 2 rings (SSSR count). The second-order valence-corrected chi connectivity index (χ2v) is 6.20. The normalized spacial score (nSPS) is 10.9. The molecule has 0 aliphatic heterocycles. The van der Waals surface area contributed by atoms with Gasteiger partial charge in [-0.3, -0.25) is 9.69 Å². The Labute approximate surface area is 131 Å². The number of hydrogen-bond acceptors (Lipinski definition) is 4. The summed E-state index contributed by atoms with van der Waals surface area (Å²) in [6.45, 7) is 2.64. The van der Waals surface area contributed by atoms with Crippen LogP contribution in [0.2, 0.25) is 5.02 Å². The first-order chi connectivity index (χ1) is 9.94. The average Bonchev–Trinajstić information content (AvgIpc) is 2.79. The van der Waals surface area contributed by atoms with Gasteiger partial charge < -0.3 is 5.32 Å². The van der Waals surface area contributed by atoms with Crippen LogP contribution in [0.3, 0.4) is 0 Å². The zero-order valence-electron chi connectivity index (χ0n) is 11.7. The summed E-state index contributed by atoms with van der Waals surface area (Å²) in [6, 6.07) is 4.04. The number of anilines is 1. The van der Waals surface area contributed by atoms with Crippen molar-refractivity contribution in [3.05, 3.63) is 45.1 Å². The van der Waals surface area contributed by atoms with Gasteiger partial charge in [0.1, 0.15) is 5.82 Å². The number of hydrogen-bond donors (Lipinski definition) is 1. The predicted octanol–water partition coefficient (Wildman–Crippen LogP) is 3.31. The lowest BCUT2D eigenvalue weighted by molar-refractivity contribution is -0.117. The van der Waals surface area contributed by atoms with Crippen molar-refractivity contribution in [3.63, 3.8) is 0 Å². The summed E-state index contributed by atoms with van der Waals surface area (Å²) in [6.07, 6.45) is 0. The molecular formula is C14H15ClFN3OS. The monoisotopic (exact) mass is 327 g/mol. The lowest BCUT2D eigenvalue weighted by Gasteiger charge is -2.15. The third-order valence-corrected chi connectivity index (χ3v) is 3.77. The Balaban J connectivity index is 1.90. The van der Waals surface area contributed by atoms with E-state index >= 15 is 0 Å². The molecule has 112 valence electrons. The topological polar surface area (TPSA) is 45.2 Å². The van der Waals surface area contributed by atoms with Crippen molar-refractivity contribution in [1.82, 2.24) is 9.88 Å². The van der Waals surface area contributed by atoms with Crippen molar-refractivity contribution in [3.8, 4) is 0 Å².